The van der Waals surface area contributed by atoms with Crippen LogP contribution in [0.3, 0.4) is 0 Å². The van der Waals surface area contributed by atoms with Gasteiger partial charge < -0.3 is 9.30 Å². The maximum atomic E-state index is 12.8. The summed E-state index contributed by atoms with van der Waals surface area (Å²) in [5.41, 5.74) is 3.47. The lowest BCUT2D eigenvalue weighted by Gasteiger charge is -2.24. The van der Waals surface area contributed by atoms with Crippen LogP contribution >= 0.6 is 11.9 Å². The summed E-state index contributed by atoms with van der Waals surface area (Å²) in [6, 6.07) is 9.52. The number of aromatic nitrogens is 1. The van der Waals surface area contributed by atoms with Gasteiger partial charge in [0.2, 0.25) is 20.2 Å². The number of methoxy groups -OCH3 is 1. The van der Waals surface area contributed by atoms with E-state index in [0.717, 1.165) is 45.2 Å². The fraction of sp³-hybridized carbons (Fsp3) is 0.304. The van der Waals surface area contributed by atoms with Gasteiger partial charge in [-0.2, -0.15) is 9.39 Å². The maximum Gasteiger partial charge on any atom is 0.283 e. The number of sulfone groups is 1. The summed E-state index contributed by atoms with van der Waals surface area (Å²) in [7, 11) is -2.14. The van der Waals surface area contributed by atoms with E-state index in [1.165, 1.54) is 0 Å². The first-order chi connectivity index (χ1) is 16.0. The molecule has 2 aromatic rings. The highest BCUT2D eigenvalue weighted by molar-refractivity contribution is 8.16. The second kappa shape index (κ2) is 8.88. The van der Waals surface area contributed by atoms with Crippen LogP contribution in [0.25, 0.3) is 11.8 Å². The van der Waals surface area contributed by atoms with Gasteiger partial charge in [-0.1, -0.05) is 13.8 Å². The Balaban J connectivity index is 1.73. The molecule has 0 bridgehead atoms. The Labute approximate surface area is 202 Å². The Hall–Kier alpha value is -3.18. The molecule has 1 aromatic heterocycles. The van der Waals surface area contributed by atoms with E-state index < -0.39 is 15.7 Å². The Morgan fingerprint density at radius 2 is 1.88 bits per heavy atom. The summed E-state index contributed by atoms with van der Waals surface area (Å²) in [6.07, 6.45) is 1.59. The van der Waals surface area contributed by atoms with Crippen LogP contribution in [0.2, 0.25) is 0 Å². The molecular weight excluding hydrogens is 474 g/mol. The zero-order valence-corrected chi connectivity index (χ0v) is 21.1. The third-order valence-electron chi connectivity index (χ3n) is 5.43. The monoisotopic (exact) mass is 499 g/mol. The SMILES string of the molecule is COc1ccc(-n2c(C)cc(/C=C3/C(=N)N4C(=NC3=O)SN=C4S(=O)(=O)CC(C)C)c2C)cc1. The molecule has 11 heteroatoms. The van der Waals surface area contributed by atoms with Gasteiger partial charge in [0, 0.05) is 17.1 Å². The van der Waals surface area contributed by atoms with Crippen LogP contribution in [0.4, 0.5) is 0 Å². The maximum absolute atomic E-state index is 12.8. The number of carbonyl (C=O) groups excluding carboxylic acids is 1. The van der Waals surface area contributed by atoms with Gasteiger partial charge in [-0.25, -0.2) is 13.3 Å². The lowest BCUT2D eigenvalue weighted by Crippen LogP contribution is -2.46. The second-order valence-corrected chi connectivity index (χ2v) is 11.1. The summed E-state index contributed by atoms with van der Waals surface area (Å²) in [4.78, 5) is 17.9. The van der Waals surface area contributed by atoms with E-state index in [2.05, 4.69) is 9.39 Å². The summed E-state index contributed by atoms with van der Waals surface area (Å²) in [5, 5.41) is 8.49. The van der Waals surface area contributed by atoms with Gasteiger partial charge in [0.05, 0.1) is 30.4 Å². The number of rotatable bonds is 5. The molecule has 0 saturated carbocycles. The van der Waals surface area contributed by atoms with Gasteiger partial charge in [0.15, 0.2) is 0 Å². The van der Waals surface area contributed by atoms with Gasteiger partial charge >= 0.3 is 0 Å². The number of nitrogens with one attached hydrogen (secondary N) is 1. The van der Waals surface area contributed by atoms with Crippen molar-refractivity contribution in [2.24, 2.45) is 15.3 Å². The molecule has 0 aliphatic carbocycles. The lowest BCUT2D eigenvalue weighted by atomic mass is 10.1. The van der Waals surface area contributed by atoms with Crippen molar-refractivity contribution in [1.82, 2.24) is 9.47 Å². The normalized spacial score (nSPS) is 17.4. The molecular formula is C23H25N5O4S2. The van der Waals surface area contributed by atoms with E-state index >= 15 is 0 Å². The molecule has 0 radical (unpaired) electrons. The third kappa shape index (κ3) is 4.21. The number of nitrogens with zero attached hydrogens (tertiary/aromatic N) is 4. The van der Waals surface area contributed by atoms with Crippen LogP contribution in [-0.4, -0.2) is 52.8 Å². The van der Waals surface area contributed by atoms with Gasteiger partial charge in [-0.05, 0) is 61.7 Å². The standard InChI is InChI=1S/C23H25N5O4S2/c1-13(2)12-34(30,31)23-26-33-22-25-21(29)19(20(24)28(22)23)11-16-10-14(3)27(15(16)4)17-6-8-18(32-5)9-7-17/h6-11,13,24H,12H2,1-5H3/b19-11-,24-20?. The van der Waals surface area contributed by atoms with Gasteiger partial charge in [-0.15, -0.1) is 0 Å². The minimum Gasteiger partial charge on any atom is -0.497 e. The lowest BCUT2D eigenvalue weighted by molar-refractivity contribution is -0.114. The molecule has 0 fully saturated rings. The molecule has 3 heterocycles. The first-order valence-electron chi connectivity index (χ1n) is 10.6. The van der Waals surface area contributed by atoms with E-state index in [0.29, 0.717) is 0 Å². The van der Waals surface area contributed by atoms with Crippen molar-refractivity contribution in [3.05, 3.63) is 52.9 Å². The average molecular weight is 500 g/mol. The van der Waals surface area contributed by atoms with Crippen LogP contribution in [0.15, 0.2) is 45.3 Å². The molecule has 1 amide bonds. The Morgan fingerprint density at radius 1 is 1.21 bits per heavy atom. The number of amidine groups is 3. The number of fused-ring (bicyclic) bond motifs is 1. The summed E-state index contributed by atoms with van der Waals surface area (Å²) in [5.74, 6) is -0.329. The molecule has 178 valence electrons. The molecule has 0 unspecified atom stereocenters. The van der Waals surface area contributed by atoms with Crippen LogP contribution in [0, 0.1) is 25.2 Å². The van der Waals surface area contributed by atoms with Gasteiger partial charge in [-0.3, -0.25) is 10.2 Å². The molecule has 0 atom stereocenters. The minimum absolute atomic E-state index is 0.00804. The number of amides is 1. The van der Waals surface area contributed by atoms with Crippen molar-refractivity contribution in [2.45, 2.75) is 27.7 Å². The molecule has 0 spiro atoms. The Morgan fingerprint density at radius 3 is 2.50 bits per heavy atom. The minimum atomic E-state index is -3.75. The molecule has 1 aromatic carbocycles. The average Bonchev–Trinajstić information content (AvgIpc) is 3.31. The number of aliphatic imine (C=N–C) groups is 1. The number of carbonyl (C=O) groups is 1. The number of benzene rings is 1. The van der Waals surface area contributed by atoms with E-state index in [4.69, 9.17) is 10.1 Å². The molecule has 0 saturated heterocycles. The van der Waals surface area contributed by atoms with E-state index in [1.54, 1.807) is 27.0 Å². The Kier molecular flexibility index (Phi) is 6.26. The Bertz CT molecular complexity index is 1380. The first-order valence-corrected chi connectivity index (χ1v) is 13.0. The molecule has 9 nitrogen and oxygen atoms in total. The zero-order valence-electron chi connectivity index (χ0n) is 19.5. The van der Waals surface area contributed by atoms with Crippen LogP contribution in [-0.2, 0) is 14.6 Å². The summed E-state index contributed by atoms with van der Waals surface area (Å²) < 4.78 is 37.0. The van der Waals surface area contributed by atoms with Crippen molar-refractivity contribution in [2.75, 3.05) is 12.9 Å². The molecule has 34 heavy (non-hydrogen) atoms. The fourth-order valence-electron chi connectivity index (χ4n) is 3.93. The van der Waals surface area contributed by atoms with Crippen LogP contribution in [0.5, 0.6) is 5.75 Å². The van der Waals surface area contributed by atoms with E-state index in [1.807, 2.05) is 48.7 Å². The smallest absolute Gasteiger partial charge is 0.283 e. The quantitative estimate of drug-likeness (QED) is 0.495. The topological polar surface area (TPSA) is 117 Å². The van der Waals surface area contributed by atoms with Crippen LogP contribution < -0.4 is 4.74 Å². The highest BCUT2D eigenvalue weighted by Gasteiger charge is 2.42. The predicted molar refractivity (Wildman–Crippen MR) is 135 cm³/mol. The van der Waals surface area contributed by atoms with E-state index in [9.17, 15) is 13.2 Å². The number of hydrogen-bond acceptors (Lipinski definition) is 7. The van der Waals surface area contributed by atoms with Crippen molar-refractivity contribution in [1.29, 1.82) is 5.41 Å². The van der Waals surface area contributed by atoms with E-state index in [-0.39, 0.29) is 33.4 Å². The van der Waals surface area contributed by atoms with Crippen LogP contribution in [0.1, 0.15) is 30.8 Å². The fourth-order valence-corrected chi connectivity index (χ4v) is 6.66. The summed E-state index contributed by atoms with van der Waals surface area (Å²) in [6.45, 7) is 7.46. The first kappa shape index (κ1) is 24.0. The third-order valence-corrected chi connectivity index (χ3v) is 8.18. The molecule has 2 aliphatic heterocycles. The number of ether oxygens (including phenoxy) is 1. The largest absolute Gasteiger partial charge is 0.497 e. The molecule has 2 aliphatic rings. The van der Waals surface area contributed by atoms with Gasteiger partial charge in [0.1, 0.15) is 11.6 Å². The van der Waals surface area contributed by atoms with Crippen molar-refractivity contribution >= 4 is 49.9 Å². The summed E-state index contributed by atoms with van der Waals surface area (Å²) >= 11 is 0.796. The van der Waals surface area contributed by atoms with Gasteiger partial charge in [0.25, 0.3) is 5.91 Å². The number of hydrogen-bond donors (Lipinski definition) is 1. The second-order valence-electron chi connectivity index (χ2n) is 8.44. The highest BCUT2D eigenvalue weighted by Crippen LogP contribution is 2.31. The van der Waals surface area contributed by atoms with Crippen molar-refractivity contribution < 1.29 is 17.9 Å². The molecule has 1 N–H and O–H groups in total. The highest BCUT2D eigenvalue weighted by atomic mass is 32.2. The van der Waals surface area contributed by atoms with Crippen molar-refractivity contribution in [3.8, 4) is 11.4 Å². The number of aryl methyl sites for hydroxylation is 1. The predicted octanol–water partition coefficient (Wildman–Crippen LogP) is 3.75. The molecule has 4 rings (SSSR count). The van der Waals surface area contributed by atoms with Crippen molar-refractivity contribution in [3.63, 3.8) is 0 Å². The zero-order chi connectivity index (χ0) is 24.8.